The van der Waals surface area contributed by atoms with Crippen LogP contribution < -0.4 is 5.32 Å². The fourth-order valence-corrected chi connectivity index (χ4v) is 4.18. The third kappa shape index (κ3) is 4.64. The van der Waals surface area contributed by atoms with Gasteiger partial charge in [0.05, 0.1) is 0 Å². The standard InChI is InChI=1S/C24H24ClN3O3/c1-16-14-17(6-7-20(16)25)22(29)8-9-23(30)27-12-10-19(11-13-27)28-15-18-4-2-3-5-21(18)26-24(28)31/h2-9,14,19H,10-13,15H2,1H3,(H,26,31). The number of fused-ring (bicyclic) bond motifs is 1. The average molecular weight is 438 g/mol. The van der Waals surface area contributed by atoms with E-state index in [-0.39, 0.29) is 23.8 Å². The highest BCUT2D eigenvalue weighted by atomic mass is 35.5. The van der Waals surface area contributed by atoms with Gasteiger partial charge in [-0.15, -0.1) is 0 Å². The van der Waals surface area contributed by atoms with Crippen LogP contribution in [-0.2, 0) is 11.3 Å². The Morgan fingerprint density at radius 2 is 1.84 bits per heavy atom. The number of carbonyl (C=O) groups is 3. The van der Waals surface area contributed by atoms with Gasteiger partial charge in [0, 0.05) is 48.0 Å². The molecular weight excluding hydrogens is 414 g/mol. The van der Waals surface area contributed by atoms with Crippen LogP contribution in [-0.4, -0.2) is 46.7 Å². The van der Waals surface area contributed by atoms with E-state index < -0.39 is 0 Å². The number of para-hydroxylation sites is 1. The van der Waals surface area contributed by atoms with Gasteiger partial charge >= 0.3 is 6.03 Å². The molecule has 2 aliphatic rings. The average Bonchev–Trinajstić information content (AvgIpc) is 2.78. The van der Waals surface area contributed by atoms with Crippen molar-refractivity contribution in [2.75, 3.05) is 18.4 Å². The molecule has 0 bridgehead atoms. The van der Waals surface area contributed by atoms with E-state index in [4.69, 9.17) is 11.6 Å². The quantitative estimate of drug-likeness (QED) is 0.568. The van der Waals surface area contributed by atoms with E-state index in [2.05, 4.69) is 5.32 Å². The summed E-state index contributed by atoms with van der Waals surface area (Å²) in [4.78, 5) is 41.0. The molecule has 1 fully saturated rings. The number of halogens is 1. The highest BCUT2D eigenvalue weighted by molar-refractivity contribution is 6.31. The number of urea groups is 1. The summed E-state index contributed by atoms with van der Waals surface area (Å²) >= 11 is 6.00. The highest BCUT2D eigenvalue weighted by Gasteiger charge is 2.32. The fraction of sp³-hybridized carbons (Fsp3) is 0.292. The van der Waals surface area contributed by atoms with E-state index in [0.717, 1.165) is 16.8 Å². The Morgan fingerprint density at radius 3 is 2.58 bits per heavy atom. The van der Waals surface area contributed by atoms with Crippen molar-refractivity contribution in [1.82, 2.24) is 9.80 Å². The topological polar surface area (TPSA) is 69.7 Å². The molecule has 0 spiro atoms. The molecule has 0 unspecified atom stereocenters. The Labute approximate surface area is 186 Å². The van der Waals surface area contributed by atoms with Crippen molar-refractivity contribution in [1.29, 1.82) is 0 Å². The number of hydrogen-bond donors (Lipinski definition) is 1. The van der Waals surface area contributed by atoms with Crippen molar-refractivity contribution in [3.8, 4) is 0 Å². The molecule has 1 saturated heterocycles. The predicted molar refractivity (Wildman–Crippen MR) is 120 cm³/mol. The van der Waals surface area contributed by atoms with Gasteiger partial charge in [-0.25, -0.2) is 4.79 Å². The number of piperidine rings is 1. The number of hydrogen-bond acceptors (Lipinski definition) is 3. The van der Waals surface area contributed by atoms with E-state index in [1.54, 1.807) is 23.1 Å². The monoisotopic (exact) mass is 437 g/mol. The summed E-state index contributed by atoms with van der Waals surface area (Å²) in [6, 6.07) is 12.8. The minimum Gasteiger partial charge on any atom is -0.339 e. The molecule has 0 radical (unpaired) electrons. The van der Waals surface area contributed by atoms with Crippen LogP contribution in [0.25, 0.3) is 0 Å². The van der Waals surface area contributed by atoms with Gasteiger partial charge in [0.1, 0.15) is 0 Å². The summed E-state index contributed by atoms with van der Waals surface area (Å²) in [5, 5.41) is 3.55. The molecule has 2 aromatic carbocycles. The molecule has 4 rings (SSSR count). The number of nitrogens with one attached hydrogen (secondary N) is 1. The normalized spacial score (nSPS) is 16.9. The summed E-state index contributed by atoms with van der Waals surface area (Å²) in [7, 11) is 0. The van der Waals surface area contributed by atoms with Gasteiger partial charge in [-0.2, -0.15) is 0 Å². The first-order valence-electron chi connectivity index (χ1n) is 10.4. The van der Waals surface area contributed by atoms with Gasteiger partial charge in [0.25, 0.3) is 0 Å². The van der Waals surface area contributed by atoms with Crippen LogP contribution in [0.3, 0.4) is 0 Å². The van der Waals surface area contributed by atoms with Crippen LogP contribution in [0.2, 0.25) is 5.02 Å². The maximum Gasteiger partial charge on any atom is 0.322 e. The molecular formula is C24H24ClN3O3. The van der Waals surface area contributed by atoms with E-state index in [1.165, 1.54) is 12.2 Å². The van der Waals surface area contributed by atoms with E-state index in [9.17, 15) is 14.4 Å². The third-order valence-electron chi connectivity index (χ3n) is 5.90. The van der Waals surface area contributed by atoms with Crippen LogP contribution in [0.1, 0.15) is 34.3 Å². The van der Waals surface area contributed by atoms with Crippen LogP contribution in [0, 0.1) is 6.92 Å². The Bertz CT molecular complexity index is 1060. The smallest absolute Gasteiger partial charge is 0.322 e. The second-order valence-electron chi connectivity index (χ2n) is 7.93. The molecule has 0 atom stereocenters. The molecule has 2 heterocycles. The maximum absolute atomic E-state index is 12.5. The number of anilines is 1. The summed E-state index contributed by atoms with van der Waals surface area (Å²) < 4.78 is 0. The number of carbonyl (C=O) groups excluding carboxylic acids is 3. The third-order valence-corrected chi connectivity index (χ3v) is 6.32. The van der Waals surface area contributed by atoms with Gasteiger partial charge < -0.3 is 15.1 Å². The number of likely N-dealkylation sites (tertiary alicyclic amines) is 1. The molecule has 160 valence electrons. The van der Waals surface area contributed by atoms with Gasteiger partial charge in [-0.05, 0) is 61.2 Å². The molecule has 7 heteroatoms. The number of nitrogens with zero attached hydrogens (tertiary/aromatic N) is 2. The van der Waals surface area contributed by atoms with Crippen LogP contribution in [0.15, 0.2) is 54.6 Å². The van der Waals surface area contributed by atoms with Gasteiger partial charge in [-0.3, -0.25) is 9.59 Å². The lowest BCUT2D eigenvalue weighted by molar-refractivity contribution is -0.127. The van der Waals surface area contributed by atoms with Gasteiger partial charge in [0.15, 0.2) is 5.78 Å². The van der Waals surface area contributed by atoms with Crippen LogP contribution in [0.5, 0.6) is 0 Å². The van der Waals surface area contributed by atoms with Gasteiger partial charge in [0.2, 0.25) is 5.91 Å². The van der Waals surface area contributed by atoms with E-state index >= 15 is 0 Å². The number of benzene rings is 2. The maximum atomic E-state index is 12.5. The predicted octanol–water partition coefficient (Wildman–Crippen LogP) is 4.43. The molecule has 0 saturated carbocycles. The minimum atomic E-state index is -0.230. The number of allylic oxidation sites excluding steroid dienone is 1. The Hall–Kier alpha value is -3.12. The molecule has 31 heavy (non-hydrogen) atoms. The van der Waals surface area contributed by atoms with Crippen molar-refractivity contribution in [3.63, 3.8) is 0 Å². The zero-order chi connectivity index (χ0) is 22.0. The van der Waals surface area contributed by atoms with Crippen LogP contribution >= 0.6 is 11.6 Å². The first-order chi connectivity index (χ1) is 14.9. The van der Waals surface area contributed by atoms with Crippen molar-refractivity contribution in [3.05, 3.63) is 76.3 Å². The molecule has 2 aromatic rings. The second kappa shape index (κ2) is 8.94. The molecule has 3 amide bonds. The second-order valence-corrected chi connectivity index (χ2v) is 8.34. The summed E-state index contributed by atoms with van der Waals surface area (Å²) in [5.41, 5.74) is 3.28. The summed E-state index contributed by atoms with van der Waals surface area (Å²) in [5.74, 6) is -0.419. The first kappa shape index (κ1) is 21.1. The van der Waals surface area contributed by atoms with Crippen molar-refractivity contribution in [2.45, 2.75) is 32.4 Å². The lowest BCUT2D eigenvalue weighted by Gasteiger charge is -2.40. The molecule has 1 N–H and O–H groups in total. The lowest BCUT2D eigenvalue weighted by atomic mass is 10.0. The van der Waals surface area contributed by atoms with E-state index in [1.807, 2.05) is 36.1 Å². The van der Waals surface area contributed by atoms with Crippen molar-refractivity contribution >= 4 is 35.0 Å². The van der Waals surface area contributed by atoms with Crippen molar-refractivity contribution in [2.24, 2.45) is 0 Å². The van der Waals surface area contributed by atoms with Crippen molar-refractivity contribution < 1.29 is 14.4 Å². The first-order valence-corrected chi connectivity index (χ1v) is 10.7. The van der Waals surface area contributed by atoms with Gasteiger partial charge in [-0.1, -0.05) is 29.8 Å². The number of amides is 3. The molecule has 6 nitrogen and oxygen atoms in total. The molecule has 0 aromatic heterocycles. The Kier molecular flexibility index (Phi) is 6.09. The molecule has 2 aliphatic heterocycles. The number of aryl methyl sites for hydroxylation is 1. The molecule has 0 aliphatic carbocycles. The zero-order valence-electron chi connectivity index (χ0n) is 17.3. The summed E-state index contributed by atoms with van der Waals surface area (Å²) in [6.45, 7) is 3.51. The largest absolute Gasteiger partial charge is 0.339 e. The SMILES string of the molecule is Cc1cc(C(=O)C=CC(=O)N2CCC(N3Cc4ccccc4NC3=O)CC2)ccc1Cl. The Balaban J connectivity index is 1.33. The van der Waals surface area contributed by atoms with Crippen LogP contribution in [0.4, 0.5) is 10.5 Å². The fourth-order valence-electron chi connectivity index (χ4n) is 4.06. The number of ketones is 1. The summed E-state index contributed by atoms with van der Waals surface area (Å²) in [6.07, 6.45) is 4.06. The highest BCUT2D eigenvalue weighted by Crippen LogP contribution is 2.27. The zero-order valence-corrected chi connectivity index (χ0v) is 18.1. The lowest BCUT2D eigenvalue weighted by Crippen LogP contribution is -2.50. The van der Waals surface area contributed by atoms with E-state index in [0.29, 0.717) is 43.1 Å². The number of rotatable bonds is 4. The minimum absolute atomic E-state index is 0.0834. The Morgan fingerprint density at radius 1 is 1.10 bits per heavy atom.